The molecule has 0 unspecified atom stereocenters. The Hall–Kier alpha value is -2.25. The number of nitrogens with zero attached hydrogens (tertiary/aromatic N) is 3. The van der Waals surface area contributed by atoms with Crippen LogP contribution in [0.3, 0.4) is 0 Å². The molecule has 118 valence electrons. The van der Waals surface area contributed by atoms with Crippen LogP contribution < -0.4 is 0 Å². The lowest BCUT2D eigenvalue weighted by atomic mass is 10.1. The zero-order valence-corrected chi connectivity index (χ0v) is 14.8. The summed E-state index contributed by atoms with van der Waals surface area (Å²) in [6, 6.07) is 14.4. The maximum atomic E-state index is 9.48. The molecule has 2 rings (SSSR count). The molecule has 0 amide bonds. The fraction of sp³-hybridized carbons (Fsp3) is 0.263. The number of nitriles is 1. The van der Waals surface area contributed by atoms with Gasteiger partial charge in [0.05, 0.1) is 17.6 Å². The van der Waals surface area contributed by atoms with Crippen molar-refractivity contribution < 1.29 is 0 Å². The first kappa shape index (κ1) is 17.1. The van der Waals surface area contributed by atoms with Gasteiger partial charge in [-0.3, -0.25) is 0 Å². The molecule has 0 aliphatic rings. The number of hydrogen-bond acceptors (Lipinski definition) is 3. The van der Waals surface area contributed by atoms with Crippen molar-refractivity contribution in [3.8, 4) is 6.07 Å². The lowest BCUT2D eigenvalue weighted by Gasteiger charge is -2.11. The Morgan fingerprint density at radius 1 is 1.17 bits per heavy atom. The van der Waals surface area contributed by atoms with Gasteiger partial charge in [0.15, 0.2) is 0 Å². The number of aryl methyl sites for hydroxylation is 2. The van der Waals surface area contributed by atoms with E-state index in [9.17, 15) is 5.26 Å². The highest BCUT2D eigenvalue weighted by Crippen LogP contribution is 2.35. The summed E-state index contributed by atoms with van der Waals surface area (Å²) in [7, 11) is 1.98. The van der Waals surface area contributed by atoms with Crippen LogP contribution >= 0.6 is 11.8 Å². The predicted octanol–water partition coefficient (Wildman–Crippen LogP) is 4.94. The molecule has 0 heterocycles. The van der Waals surface area contributed by atoms with Crippen molar-refractivity contribution in [2.45, 2.75) is 30.6 Å². The van der Waals surface area contributed by atoms with Crippen molar-refractivity contribution in [2.75, 3.05) is 13.6 Å². The average molecular weight is 323 g/mol. The number of aliphatic imine (C=N–C) groups is 1. The smallest absolute Gasteiger partial charge is 0.100 e. The van der Waals surface area contributed by atoms with E-state index < -0.39 is 0 Å². The van der Waals surface area contributed by atoms with E-state index in [2.05, 4.69) is 37.0 Å². The van der Waals surface area contributed by atoms with Crippen LogP contribution in [0.1, 0.15) is 23.6 Å². The maximum Gasteiger partial charge on any atom is 0.100 e. The van der Waals surface area contributed by atoms with Gasteiger partial charge in [-0.2, -0.15) is 5.26 Å². The molecule has 0 aliphatic carbocycles. The molecule has 4 heteroatoms. The van der Waals surface area contributed by atoms with E-state index in [1.807, 2.05) is 43.1 Å². The van der Waals surface area contributed by atoms with Crippen LogP contribution in [0.25, 0.3) is 0 Å². The molecular weight excluding hydrogens is 302 g/mol. The van der Waals surface area contributed by atoms with Gasteiger partial charge < -0.3 is 4.90 Å². The van der Waals surface area contributed by atoms with Crippen LogP contribution in [0.15, 0.2) is 51.2 Å². The first-order chi connectivity index (χ1) is 11.0. The van der Waals surface area contributed by atoms with E-state index in [1.54, 1.807) is 18.1 Å². The lowest BCUT2D eigenvalue weighted by Crippen LogP contribution is -2.14. The van der Waals surface area contributed by atoms with E-state index in [1.165, 1.54) is 10.5 Å². The zero-order valence-electron chi connectivity index (χ0n) is 14.0. The SMILES string of the molecule is CCN(C)C=Nc1cc(C#N)c(Sc2ccccc2C)cc1C. The molecular formula is C19H21N3S. The minimum absolute atomic E-state index is 0.662. The van der Waals surface area contributed by atoms with E-state index in [4.69, 9.17) is 0 Å². The van der Waals surface area contributed by atoms with Crippen LogP contribution in [0.5, 0.6) is 0 Å². The molecule has 3 nitrogen and oxygen atoms in total. The molecule has 0 saturated heterocycles. The molecule has 2 aromatic carbocycles. The number of rotatable bonds is 5. The molecule has 0 atom stereocenters. The van der Waals surface area contributed by atoms with E-state index in [0.29, 0.717) is 5.56 Å². The van der Waals surface area contributed by atoms with Crippen molar-refractivity contribution in [1.82, 2.24) is 4.90 Å². The van der Waals surface area contributed by atoms with E-state index in [0.717, 1.165) is 22.7 Å². The van der Waals surface area contributed by atoms with Gasteiger partial charge in [-0.05, 0) is 50.1 Å². The molecule has 0 saturated carbocycles. The number of benzene rings is 2. The first-order valence-corrected chi connectivity index (χ1v) is 8.39. The van der Waals surface area contributed by atoms with Crippen LogP contribution in [0.2, 0.25) is 0 Å². The van der Waals surface area contributed by atoms with Crippen LogP contribution in [-0.2, 0) is 0 Å². The van der Waals surface area contributed by atoms with Crippen molar-refractivity contribution in [1.29, 1.82) is 5.26 Å². The lowest BCUT2D eigenvalue weighted by molar-refractivity contribution is 0.552. The molecule has 0 spiro atoms. The highest BCUT2D eigenvalue weighted by atomic mass is 32.2. The predicted molar refractivity (Wildman–Crippen MR) is 97.7 cm³/mol. The fourth-order valence-electron chi connectivity index (χ4n) is 2.01. The Morgan fingerprint density at radius 3 is 2.57 bits per heavy atom. The van der Waals surface area contributed by atoms with E-state index in [-0.39, 0.29) is 0 Å². The summed E-state index contributed by atoms with van der Waals surface area (Å²) >= 11 is 1.63. The van der Waals surface area contributed by atoms with Crippen molar-refractivity contribution in [3.05, 3.63) is 53.1 Å². The van der Waals surface area contributed by atoms with Gasteiger partial charge in [0.2, 0.25) is 0 Å². The third-order valence-electron chi connectivity index (χ3n) is 3.62. The normalized spacial score (nSPS) is 10.7. The minimum atomic E-state index is 0.662. The standard InChI is InChI=1S/C19H21N3S/c1-5-22(4)13-21-17-11-16(12-20)19(10-15(17)3)23-18-9-7-6-8-14(18)2/h6-11,13H,5H2,1-4H3. The maximum absolute atomic E-state index is 9.48. The van der Waals surface area contributed by atoms with Gasteiger partial charge in [0.1, 0.15) is 6.07 Å². The highest BCUT2D eigenvalue weighted by molar-refractivity contribution is 7.99. The monoisotopic (exact) mass is 323 g/mol. The van der Waals surface area contributed by atoms with Crippen molar-refractivity contribution >= 4 is 23.8 Å². The van der Waals surface area contributed by atoms with Crippen molar-refractivity contribution in [2.24, 2.45) is 4.99 Å². The van der Waals surface area contributed by atoms with Crippen LogP contribution in [-0.4, -0.2) is 24.8 Å². The Kier molecular flexibility index (Phi) is 5.84. The van der Waals surface area contributed by atoms with Crippen molar-refractivity contribution in [3.63, 3.8) is 0 Å². The second-order valence-corrected chi connectivity index (χ2v) is 6.52. The Morgan fingerprint density at radius 2 is 1.91 bits per heavy atom. The fourth-order valence-corrected chi connectivity index (χ4v) is 3.08. The van der Waals surface area contributed by atoms with Gasteiger partial charge in [-0.1, -0.05) is 30.0 Å². The summed E-state index contributed by atoms with van der Waals surface area (Å²) in [6.45, 7) is 7.08. The largest absolute Gasteiger partial charge is 0.366 e. The Labute approximate surface area is 142 Å². The van der Waals surface area contributed by atoms with Gasteiger partial charge >= 0.3 is 0 Å². The van der Waals surface area contributed by atoms with Gasteiger partial charge in [-0.15, -0.1) is 0 Å². The Bertz CT molecular complexity index is 760. The summed E-state index contributed by atoms with van der Waals surface area (Å²) < 4.78 is 0. The molecule has 0 radical (unpaired) electrons. The van der Waals surface area contributed by atoms with Crippen LogP contribution in [0.4, 0.5) is 5.69 Å². The molecule has 2 aromatic rings. The summed E-state index contributed by atoms with van der Waals surface area (Å²) in [5.74, 6) is 0. The summed E-state index contributed by atoms with van der Waals surface area (Å²) in [4.78, 5) is 8.64. The second kappa shape index (κ2) is 7.85. The first-order valence-electron chi connectivity index (χ1n) is 7.57. The van der Waals surface area contributed by atoms with Crippen LogP contribution in [0, 0.1) is 25.2 Å². The molecule has 0 bridgehead atoms. The summed E-state index contributed by atoms with van der Waals surface area (Å²) in [5.41, 5.74) is 3.79. The van der Waals surface area contributed by atoms with E-state index >= 15 is 0 Å². The highest BCUT2D eigenvalue weighted by Gasteiger charge is 2.09. The second-order valence-electron chi connectivity index (χ2n) is 5.43. The zero-order chi connectivity index (χ0) is 16.8. The molecule has 23 heavy (non-hydrogen) atoms. The van der Waals surface area contributed by atoms with Gasteiger partial charge in [0.25, 0.3) is 0 Å². The summed E-state index contributed by atoms with van der Waals surface area (Å²) in [5, 5.41) is 9.48. The summed E-state index contributed by atoms with van der Waals surface area (Å²) in [6.07, 6.45) is 1.80. The third kappa shape index (κ3) is 4.37. The van der Waals surface area contributed by atoms with Gasteiger partial charge in [0, 0.05) is 23.4 Å². The topological polar surface area (TPSA) is 39.4 Å². The molecule has 0 aromatic heterocycles. The molecule has 0 aliphatic heterocycles. The average Bonchev–Trinajstić information content (AvgIpc) is 2.55. The van der Waals surface area contributed by atoms with Gasteiger partial charge in [-0.25, -0.2) is 4.99 Å². The molecule has 0 N–H and O–H groups in total. The third-order valence-corrected chi connectivity index (χ3v) is 4.86. The Balaban J connectivity index is 2.36. The quantitative estimate of drug-likeness (QED) is 0.578. The molecule has 0 fully saturated rings. The number of hydrogen-bond donors (Lipinski definition) is 0. The minimum Gasteiger partial charge on any atom is -0.366 e.